The molecule has 2 aromatic heterocycles. The summed E-state index contributed by atoms with van der Waals surface area (Å²) in [5, 5.41) is 11.9. The Bertz CT molecular complexity index is 1480. The van der Waals surface area contributed by atoms with E-state index in [1.54, 1.807) is 67.0 Å². The van der Waals surface area contributed by atoms with Gasteiger partial charge >= 0.3 is 0 Å². The van der Waals surface area contributed by atoms with Gasteiger partial charge in [-0.2, -0.15) is 0 Å². The lowest BCUT2D eigenvalue weighted by molar-refractivity contribution is 0.0979. The molecule has 4 aromatic rings. The van der Waals surface area contributed by atoms with Crippen molar-refractivity contribution < 1.29 is 9.59 Å². The number of nitrogens with zero attached hydrogens (tertiary/aromatic N) is 5. The minimum absolute atomic E-state index is 0.131. The van der Waals surface area contributed by atoms with Gasteiger partial charge in [0.2, 0.25) is 0 Å². The first kappa shape index (κ1) is 22.0. The van der Waals surface area contributed by atoms with Gasteiger partial charge < -0.3 is 11.1 Å². The molecule has 0 aliphatic heterocycles. The summed E-state index contributed by atoms with van der Waals surface area (Å²) < 4.78 is 0. The fourth-order valence-electron chi connectivity index (χ4n) is 3.88. The Morgan fingerprint density at radius 2 is 1.57 bits per heavy atom. The minimum atomic E-state index is -0.272. The van der Waals surface area contributed by atoms with Crippen LogP contribution in [0.1, 0.15) is 45.2 Å². The van der Waals surface area contributed by atoms with Crippen LogP contribution >= 0.6 is 0 Å². The lowest BCUT2D eigenvalue weighted by Gasteiger charge is -2.18. The molecule has 1 aliphatic rings. The zero-order chi connectivity index (χ0) is 24.4. The highest BCUT2D eigenvalue weighted by molar-refractivity contribution is 6.29. The predicted molar refractivity (Wildman–Crippen MR) is 132 cm³/mol. The van der Waals surface area contributed by atoms with Crippen LogP contribution in [0.5, 0.6) is 0 Å². The number of rotatable bonds is 6. The number of aromatic nitrogens is 3. The average Bonchev–Trinajstić information content (AvgIpc) is 2.90. The SMILES string of the molecule is CCCNc1nc(-c2ccncc2)nc(N)c1N=Nc1cccc2c1C(=O)c1ccccc1C2=O. The molecule has 0 saturated carbocycles. The van der Waals surface area contributed by atoms with E-state index in [1.807, 2.05) is 6.92 Å². The van der Waals surface area contributed by atoms with Crippen LogP contribution in [-0.4, -0.2) is 33.1 Å². The lowest BCUT2D eigenvalue weighted by Crippen LogP contribution is -2.20. The molecule has 0 unspecified atom stereocenters. The third-order valence-corrected chi connectivity index (χ3v) is 5.58. The van der Waals surface area contributed by atoms with Gasteiger partial charge in [-0.15, -0.1) is 10.2 Å². The van der Waals surface area contributed by atoms with E-state index in [2.05, 4.69) is 30.5 Å². The number of nitrogens with one attached hydrogen (secondary N) is 1. The first-order valence-corrected chi connectivity index (χ1v) is 11.1. The Kier molecular flexibility index (Phi) is 5.80. The Morgan fingerprint density at radius 3 is 2.31 bits per heavy atom. The number of fused-ring (bicyclic) bond motifs is 2. The summed E-state index contributed by atoms with van der Waals surface area (Å²) in [5.74, 6) is 0.490. The molecule has 0 bridgehead atoms. The Labute approximate surface area is 201 Å². The van der Waals surface area contributed by atoms with Gasteiger partial charge in [0.05, 0.1) is 11.3 Å². The fraction of sp³-hybridized carbons (Fsp3) is 0.115. The number of carbonyl (C=O) groups excluding carboxylic acids is 2. The summed E-state index contributed by atoms with van der Waals surface area (Å²) in [5.41, 5.74) is 8.80. The van der Waals surface area contributed by atoms with Crippen LogP contribution in [0, 0.1) is 0 Å². The summed E-state index contributed by atoms with van der Waals surface area (Å²) in [6.07, 6.45) is 4.15. The zero-order valence-corrected chi connectivity index (χ0v) is 18.9. The van der Waals surface area contributed by atoms with Crippen molar-refractivity contribution in [2.45, 2.75) is 13.3 Å². The van der Waals surface area contributed by atoms with Crippen LogP contribution in [0.2, 0.25) is 0 Å². The van der Waals surface area contributed by atoms with Gasteiger partial charge in [-0.05, 0) is 24.6 Å². The van der Waals surface area contributed by atoms with Gasteiger partial charge in [0.25, 0.3) is 0 Å². The van der Waals surface area contributed by atoms with Crippen molar-refractivity contribution in [3.05, 3.63) is 89.2 Å². The predicted octanol–water partition coefficient (Wildman–Crippen LogP) is 5.13. The van der Waals surface area contributed by atoms with E-state index in [0.717, 1.165) is 12.0 Å². The quantitative estimate of drug-likeness (QED) is 0.333. The van der Waals surface area contributed by atoms with Crippen LogP contribution in [0.3, 0.4) is 0 Å². The molecule has 9 heteroatoms. The molecule has 0 spiro atoms. The number of azo groups is 1. The number of nitrogens with two attached hydrogens (primary N) is 1. The van der Waals surface area contributed by atoms with Crippen molar-refractivity contribution >= 4 is 34.6 Å². The number of hydrogen-bond donors (Lipinski definition) is 2. The summed E-state index contributed by atoms with van der Waals surface area (Å²) >= 11 is 0. The highest BCUT2D eigenvalue weighted by Gasteiger charge is 2.31. The van der Waals surface area contributed by atoms with Crippen LogP contribution in [0.4, 0.5) is 23.0 Å². The first-order chi connectivity index (χ1) is 17.1. The molecule has 0 amide bonds. The average molecular weight is 464 g/mol. The molecule has 0 saturated heterocycles. The third kappa shape index (κ3) is 4.04. The molecule has 1 aliphatic carbocycles. The van der Waals surface area contributed by atoms with Crippen LogP contribution in [0.15, 0.2) is 77.2 Å². The smallest absolute Gasteiger partial charge is 0.196 e. The molecular weight excluding hydrogens is 442 g/mol. The number of hydrogen-bond acceptors (Lipinski definition) is 9. The van der Waals surface area contributed by atoms with E-state index in [4.69, 9.17) is 5.73 Å². The fourth-order valence-corrected chi connectivity index (χ4v) is 3.88. The van der Waals surface area contributed by atoms with E-state index in [9.17, 15) is 9.59 Å². The second kappa shape index (κ2) is 9.22. The second-order valence-electron chi connectivity index (χ2n) is 7.90. The third-order valence-electron chi connectivity index (χ3n) is 5.58. The van der Waals surface area contributed by atoms with Crippen LogP contribution in [0.25, 0.3) is 11.4 Å². The number of anilines is 2. The molecule has 3 N–H and O–H groups in total. The Morgan fingerprint density at radius 1 is 0.857 bits per heavy atom. The maximum absolute atomic E-state index is 13.2. The maximum atomic E-state index is 13.2. The number of nitrogen functional groups attached to an aromatic ring is 1. The number of pyridine rings is 1. The summed E-state index contributed by atoms with van der Waals surface area (Å²) in [6.45, 7) is 2.67. The minimum Gasteiger partial charge on any atom is -0.382 e. The van der Waals surface area contributed by atoms with E-state index in [1.165, 1.54) is 0 Å². The number of benzene rings is 2. The van der Waals surface area contributed by atoms with Crippen LogP contribution < -0.4 is 11.1 Å². The monoisotopic (exact) mass is 463 g/mol. The Hall–Kier alpha value is -4.79. The van der Waals surface area contributed by atoms with Crippen molar-refractivity contribution in [3.8, 4) is 11.4 Å². The molecular formula is C26H21N7O2. The first-order valence-electron chi connectivity index (χ1n) is 11.1. The summed E-state index contributed by atoms with van der Waals surface area (Å²) in [7, 11) is 0. The summed E-state index contributed by atoms with van der Waals surface area (Å²) in [4.78, 5) is 39.2. The van der Waals surface area contributed by atoms with Crippen molar-refractivity contribution in [2.24, 2.45) is 10.2 Å². The van der Waals surface area contributed by atoms with E-state index in [0.29, 0.717) is 34.9 Å². The molecule has 0 fully saturated rings. The normalized spacial score (nSPS) is 12.5. The maximum Gasteiger partial charge on any atom is 0.196 e. The van der Waals surface area contributed by atoms with Crippen molar-refractivity contribution in [3.63, 3.8) is 0 Å². The molecule has 0 radical (unpaired) electrons. The van der Waals surface area contributed by atoms with Gasteiger partial charge in [0, 0.05) is 41.2 Å². The topological polar surface area (TPSA) is 136 Å². The van der Waals surface area contributed by atoms with Crippen molar-refractivity contribution in [1.29, 1.82) is 0 Å². The largest absolute Gasteiger partial charge is 0.382 e. The highest BCUT2D eigenvalue weighted by Crippen LogP contribution is 2.36. The Balaban J connectivity index is 1.58. The molecule has 172 valence electrons. The molecule has 2 heterocycles. The zero-order valence-electron chi connectivity index (χ0n) is 18.9. The standard InChI is InChI=1S/C26H21N7O2/c1-2-12-29-26-21(24(27)30-25(31-26)15-10-13-28-14-11-15)33-32-19-9-5-8-18-20(19)23(35)17-7-4-3-6-16(17)22(18)34/h3-11,13-14H,2,12H2,1H3,(H3,27,29,30,31). The molecule has 9 nitrogen and oxygen atoms in total. The van der Waals surface area contributed by atoms with Crippen LogP contribution in [-0.2, 0) is 0 Å². The van der Waals surface area contributed by atoms with Gasteiger partial charge in [-0.1, -0.05) is 43.3 Å². The molecule has 2 aromatic carbocycles. The van der Waals surface area contributed by atoms with E-state index in [-0.39, 0.29) is 34.3 Å². The molecule has 0 atom stereocenters. The van der Waals surface area contributed by atoms with Gasteiger partial charge in [0.1, 0.15) is 0 Å². The van der Waals surface area contributed by atoms with Gasteiger partial charge in [-0.25, -0.2) is 9.97 Å². The highest BCUT2D eigenvalue weighted by atomic mass is 16.1. The molecule has 5 rings (SSSR count). The van der Waals surface area contributed by atoms with Crippen molar-refractivity contribution in [1.82, 2.24) is 15.0 Å². The summed E-state index contributed by atoms with van der Waals surface area (Å²) in [6, 6.07) is 15.3. The van der Waals surface area contributed by atoms with E-state index < -0.39 is 0 Å². The van der Waals surface area contributed by atoms with Gasteiger partial charge in [-0.3, -0.25) is 14.6 Å². The van der Waals surface area contributed by atoms with Gasteiger partial charge in [0.15, 0.2) is 34.7 Å². The number of ketones is 2. The van der Waals surface area contributed by atoms with Crippen molar-refractivity contribution in [2.75, 3.05) is 17.6 Å². The lowest BCUT2D eigenvalue weighted by atomic mass is 9.83. The second-order valence-corrected chi connectivity index (χ2v) is 7.90. The van der Waals surface area contributed by atoms with E-state index >= 15 is 0 Å². The number of carbonyl (C=O) groups is 2. The molecule has 35 heavy (non-hydrogen) atoms.